The van der Waals surface area contributed by atoms with Gasteiger partial charge >= 0.3 is 0 Å². The van der Waals surface area contributed by atoms with Gasteiger partial charge in [-0.1, -0.05) is 23.2 Å². The molecule has 0 spiro atoms. The van der Waals surface area contributed by atoms with Crippen molar-refractivity contribution >= 4 is 28.3 Å². The average Bonchev–Trinajstić information content (AvgIpc) is 2.39. The van der Waals surface area contributed by atoms with Gasteiger partial charge in [-0.05, 0) is 26.0 Å². The van der Waals surface area contributed by atoms with Gasteiger partial charge in [0, 0.05) is 18.0 Å². The van der Waals surface area contributed by atoms with Gasteiger partial charge in [0.1, 0.15) is 5.15 Å². The quantitative estimate of drug-likeness (QED) is 0.677. The Kier molecular flexibility index (Phi) is 2.31. The fourth-order valence-corrected chi connectivity index (χ4v) is 2.19. The molecule has 0 saturated heterocycles. The second-order valence-corrected chi connectivity index (χ2v) is 4.16. The zero-order valence-electron chi connectivity index (χ0n) is 8.97. The van der Waals surface area contributed by atoms with Crippen LogP contribution in [0, 0.1) is 6.92 Å². The van der Waals surface area contributed by atoms with Crippen molar-refractivity contribution in [1.82, 2.24) is 4.57 Å². The van der Waals surface area contributed by atoms with Gasteiger partial charge in [-0.25, -0.2) is 0 Å². The summed E-state index contributed by atoms with van der Waals surface area (Å²) in [5.41, 5.74) is 2.75. The first-order valence-corrected chi connectivity index (χ1v) is 5.15. The highest BCUT2D eigenvalue weighted by molar-refractivity contribution is 6.35. The summed E-state index contributed by atoms with van der Waals surface area (Å²) in [6, 6.07) is 6.00. The molecule has 15 heavy (non-hydrogen) atoms. The minimum absolute atomic E-state index is 0.0104. The zero-order valence-corrected chi connectivity index (χ0v) is 9.72. The molecular formula is C12H12ClNO. The van der Waals surface area contributed by atoms with Gasteiger partial charge in [-0.3, -0.25) is 4.79 Å². The van der Waals surface area contributed by atoms with Gasteiger partial charge in [0.15, 0.2) is 5.78 Å². The number of carbonyl (C=O) groups is 1. The summed E-state index contributed by atoms with van der Waals surface area (Å²) in [5, 5.41) is 1.46. The van der Waals surface area contributed by atoms with Crippen molar-refractivity contribution in [3.8, 4) is 0 Å². The largest absolute Gasteiger partial charge is 0.334 e. The highest BCUT2D eigenvalue weighted by Crippen LogP contribution is 2.29. The Hall–Kier alpha value is -1.28. The van der Waals surface area contributed by atoms with Crippen molar-refractivity contribution < 1.29 is 4.79 Å². The van der Waals surface area contributed by atoms with Crippen molar-refractivity contribution in [2.24, 2.45) is 7.05 Å². The monoisotopic (exact) mass is 221 g/mol. The molecule has 0 radical (unpaired) electrons. The molecule has 0 bridgehead atoms. The molecule has 1 aromatic carbocycles. The van der Waals surface area contributed by atoms with E-state index in [0.29, 0.717) is 10.7 Å². The van der Waals surface area contributed by atoms with Gasteiger partial charge in [0.05, 0.1) is 5.56 Å². The SMILES string of the molecule is CC(=O)c1c(Cl)n(C)c2ccc(C)cc12. The lowest BCUT2D eigenvalue weighted by atomic mass is 10.1. The number of nitrogens with zero attached hydrogens (tertiary/aromatic N) is 1. The molecule has 3 heteroatoms. The molecule has 2 aromatic rings. The van der Waals surface area contributed by atoms with Gasteiger partial charge in [-0.15, -0.1) is 0 Å². The Bertz CT molecular complexity index is 554. The van der Waals surface area contributed by atoms with E-state index in [1.54, 1.807) is 6.92 Å². The fourth-order valence-electron chi connectivity index (χ4n) is 1.86. The van der Waals surface area contributed by atoms with Crippen LogP contribution in [0.15, 0.2) is 18.2 Å². The lowest BCUT2D eigenvalue weighted by Gasteiger charge is -1.97. The van der Waals surface area contributed by atoms with Crippen LogP contribution < -0.4 is 0 Å². The molecule has 0 fully saturated rings. The van der Waals surface area contributed by atoms with E-state index < -0.39 is 0 Å². The summed E-state index contributed by atoms with van der Waals surface area (Å²) < 4.78 is 1.84. The third-order valence-corrected chi connectivity index (χ3v) is 3.08. The first kappa shape index (κ1) is 10.2. The Morgan fingerprint density at radius 3 is 2.67 bits per heavy atom. The molecule has 0 aliphatic heterocycles. The van der Waals surface area contributed by atoms with E-state index in [-0.39, 0.29) is 5.78 Å². The molecule has 0 unspecified atom stereocenters. The normalized spacial score (nSPS) is 10.9. The van der Waals surface area contributed by atoms with Crippen molar-refractivity contribution in [3.05, 3.63) is 34.5 Å². The molecule has 0 aliphatic rings. The van der Waals surface area contributed by atoms with Crippen molar-refractivity contribution in [1.29, 1.82) is 0 Å². The molecule has 2 nitrogen and oxygen atoms in total. The van der Waals surface area contributed by atoms with Crippen LogP contribution in [0.3, 0.4) is 0 Å². The van der Waals surface area contributed by atoms with Crippen molar-refractivity contribution in [2.45, 2.75) is 13.8 Å². The Labute approximate surface area is 93.5 Å². The fraction of sp³-hybridized carbons (Fsp3) is 0.250. The van der Waals surface area contributed by atoms with E-state index in [9.17, 15) is 4.79 Å². The number of ketones is 1. The molecule has 78 valence electrons. The van der Waals surface area contributed by atoms with E-state index in [2.05, 4.69) is 0 Å². The molecule has 2 rings (SSSR count). The van der Waals surface area contributed by atoms with E-state index in [1.807, 2.05) is 36.7 Å². The number of hydrogen-bond donors (Lipinski definition) is 0. The number of hydrogen-bond acceptors (Lipinski definition) is 1. The molecule has 1 aromatic heterocycles. The maximum atomic E-state index is 11.5. The molecular weight excluding hydrogens is 210 g/mol. The van der Waals surface area contributed by atoms with E-state index in [4.69, 9.17) is 11.6 Å². The first-order valence-electron chi connectivity index (χ1n) is 4.78. The Balaban J connectivity index is 2.95. The highest BCUT2D eigenvalue weighted by Gasteiger charge is 2.16. The van der Waals surface area contributed by atoms with Crippen molar-refractivity contribution in [2.75, 3.05) is 0 Å². The maximum absolute atomic E-state index is 11.5. The predicted octanol–water partition coefficient (Wildman–Crippen LogP) is 3.34. The van der Waals surface area contributed by atoms with Crippen LogP contribution in [0.25, 0.3) is 10.9 Å². The third kappa shape index (κ3) is 1.45. The topological polar surface area (TPSA) is 22.0 Å². The van der Waals surface area contributed by atoms with Crippen LogP contribution in [-0.2, 0) is 7.05 Å². The van der Waals surface area contributed by atoms with Gasteiger partial charge < -0.3 is 4.57 Å². The number of Topliss-reactive ketones (excluding diaryl/α,β-unsaturated/α-hetero) is 1. The first-order chi connectivity index (χ1) is 7.02. The summed E-state index contributed by atoms with van der Waals surface area (Å²) >= 11 is 6.13. The minimum Gasteiger partial charge on any atom is -0.334 e. The summed E-state index contributed by atoms with van der Waals surface area (Å²) in [7, 11) is 1.87. The molecule has 0 atom stereocenters. The number of benzene rings is 1. The Morgan fingerprint density at radius 2 is 2.07 bits per heavy atom. The number of carbonyl (C=O) groups excluding carboxylic acids is 1. The number of fused-ring (bicyclic) bond motifs is 1. The lowest BCUT2D eigenvalue weighted by molar-refractivity contribution is 0.101. The van der Waals surface area contributed by atoms with Crippen LogP contribution >= 0.6 is 11.6 Å². The van der Waals surface area contributed by atoms with Crippen LogP contribution in [0.1, 0.15) is 22.8 Å². The number of halogens is 1. The maximum Gasteiger partial charge on any atom is 0.163 e. The minimum atomic E-state index is 0.0104. The molecule has 0 aliphatic carbocycles. The zero-order chi connectivity index (χ0) is 11.2. The number of rotatable bonds is 1. The van der Waals surface area contributed by atoms with Crippen LogP contribution in [0.2, 0.25) is 5.15 Å². The lowest BCUT2D eigenvalue weighted by Crippen LogP contribution is -1.92. The predicted molar refractivity (Wildman–Crippen MR) is 62.7 cm³/mol. The van der Waals surface area contributed by atoms with Gasteiger partial charge in [-0.2, -0.15) is 0 Å². The summed E-state index contributed by atoms with van der Waals surface area (Å²) in [6.45, 7) is 3.55. The third-order valence-electron chi connectivity index (χ3n) is 2.64. The van der Waals surface area contributed by atoms with Crippen LogP contribution in [0.4, 0.5) is 0 Å². The Morgan fingerprint density at radius 1 is 1.40 bits per heavy atom. The van der Waals surface area contributed by atoms with Crippen LogP contribution in [-0.4, -0.2) is 10.4 Å². The van der Waals surface area contributed by atoms with Gasteiger partial charge in [0.25, 0.3) is 0 Å². The molecule has 1 heterocycles. The van der Waals surface area contributed by atoms with E-state index in [1.165, 1.54) is 0 Å². The standard InChI is InChI=1S/C12H12ClNO/c1-7-4-5-10-9(6-7)11(8(2)15)12(13)14(10)3/h4-6H,1-3H3. The summed E-state index contributed by atoms with van der Waals surface area (Å²) in [5.74, 6) is 0.0104. The van der Waals surface area contributed by atoms with E-state index in [0.717, 1.165) is 16.5 Å². The summed E-state index contributed by atoms with van der Waals surface area (Å²) in [4.78, 5) is 11.5. The van der Waals surface area contributed by atoms with E-state index >= 15 is 0 Å². The second-order valence-electron chi connectivity index (χ2n) is 3.80. The molecule has 0 saturated carbocycles. The average molecular weight is 222 g/mol. The highest BCUT2D eigenvalue weighted by atomic mass is 35.5. The molecule has 0 amide bonds. The van der Waals surface area contributed by atoms with Crippen LogP contribution in [0.5, 0.6) is 0 Å². The summed E-state index contributed by atoms with van der Waals surface area (Å²) in [6.07, 6.45) is 0. The van der Waals surface area contributed by atoms with Crippen molar-refractivity contribution in [3.63, 3.8) is 0 Å². The smallest absolute Gasteiger partial charge is 0.163 e. The molecule has 0 N–H and O–H groups in total. The van der Waals surface area contributed by atoms with Gasteiger partial charge in [0.2, 0.25) is 0 Å². The second kappa shape index (κ2) is 3.38. The number of aryl methyl sites for hydroxylation is 2. The number of aromatic nitrogens is 1.